The highest BCUT2D eigenvalue weighted by Crippen LogP contribution is 2.18. The van der Waals surface area contributed by atoms with Gasteiger partial charge in [0, 0.05) is 4.88 Å². The number of thiophene rings is 1. The Bertz CT molecular complexity index is 267. The lowest BCUT2D eigenvalue weighted by Crippen LogP contribution is -2.17. The number of hydrogen-bond donors (Lipinski definition) is 1. The van der Waals surface area contributed by atoms with Gasteiger partial charge >= 0.3 is 0 Å². The third-order valence-electron chi connectivity index (χ3n) is 1.55. The molecular formula is C8H11NOS. The van der Waals surface area contributed by atoms with Crippen molar-refractivity contribution >= 4 is 17.1 Å². The molecule has 0 radical (unpaired) electrons. The van der Waals surface area contributed by atoms with Crippen molar-refractivity contribution < 1.29 is 4.79 Å². The lowest BCUT2D eigenvalue weighted by Gasteiger charge is -2.02. The number of carbonyl (C=O) groups excluding carboxylic acids is 1. The molecule has 0 spiro atoms. The monoisotopic (exact) mass is 169 g/mol. The second-order valence-electron chi connectivity index (χ2n) is 2.58. The summed E-state index contributed by atoms with van der Waals surface area (Å²) in [6.07, 6.45) is 0. The molecule has 11 heavy (non-hydrogen) atoms. The van der Waals surface area contributed by atoms with Crippen LogP contribution >= 0.6 is 11.3 Å². The molecule has 60 valence electrons. The first-order valence-electron chi connectivity index (χ1n) is 3.42. The van der Waals surface area contributed by atoms with Gasteiger partial charge in [-0.15, -0.1) is 11.3 Å². The van der Waals surface area contributed by atoms with Gasteiger partial charge in [-0.05, 0) is 30.9 Å². The fraction of sp³-hybridized carbons (Fsp3) is 0.375. The minimum absolute atomic E-state index is 0.0165. The summed E-state index contributed by atoms with van der Waals surface area (Å²) < 4.78 is 0. The van der Waals surface area contributed by atoms with E-state index in [1.807, 2.05) is 18.4 Å². The third kappa shape index (κ3) is 1.88. The second-order valence-corrected chi connectivity index (χ2v) is 3.69. The first-order chi connectivity index (χ1) is 5.11. The van der Waals surface area contributed by atoms with Crippen molar-refractivity contribution in [3.05, 3.63) is 21.9 Å². The summed E-state index contributed by atoms with van der Waals surface area (Å²) in [5.74, 6) is 0.0165. The molecule has 0 aliphatic rings. The zero-order valence-corrected chi connectivity index (χ0v) is 7.44. The van der Waals surface area contributed by atoms with Gasteiger partial charge in [-0.25, -0.2) is 0 Å². The van der Waals surface area contributed by atoms with Crippen LogP contribution in [0.5, 0.6) is 0 Å². The average molecular weight is 169 g/mol. The second kappa shape index (κ2) is 3.15. The predicted octanol–water partition coefficient (Wildman–Crippen LogP) is 1.65. The van der Waals surface area contributed by atoms with Gasteiger partial charge < -0.3 is 5.73 Å². The Morgan fingerprint density at radius 3 is 2.73 bits per heavy atom. The molecule has 0 saturated heterocycles. The maximum atomic E-state index is 10.8. The Labute approximate surface area is 70.0 Å². The molecule has 0 aliphatic carbocycles. The molecule has 2 N–H and O–H groups in total. The highest BCUT2D eigenvalue weighted by molar-refractivity contribution is 7.10. The molecule has 1 atom stereocenters. The van der Waals surface area contributed by atoms with Crippen molar-refractivity contribution in [2.24, 2.45) is 5.73 Å². The van der Waals surface area contributed by atoms with Crippen LogP contribution in [0.1, 0.15) is 23.4 Å². The van der Waals surface area contributed by atoms with Crippen LogP contribution in [0.25, 0.3) is 0 Å². The molecule has 0 fully saturated rings. The van der Waals surface area contributed by atoms with Crippen LogP contribution in [-0.2, 0) is 4.79 Å². The number of aryl methyl sites for hydroxylation is 1. The Morgan fingerprint density at radius 1 is 1.73 bits per heavy atom. The van der Waals surface area contributed by atoms with Gasteiger partial charge in [0.1, 0.15) is 0 Å². The number of nitrogens with two attached hydrogens (primary N) is 1. The maximum Gasteiger partial charge on any atom is 0.151 e. The van der Waals surface area contributed by atoms with E-state index in [0.29, 0.717) is 0 Å². The largest absolute Gasteiger partial charge is 0.318 e. The molecule has 0 saturated carbocycles. The minimum Gasteiger partial charge on any atom is -0.318 e. The van der Waals surface area contributed by atoms with E-state index >= 15 is 0 Å². The maximum absolute atomic E-state index is 10.8. The number of hydrogen-bond acceptors (Lipinski definition) is 3. The van der Waals surface area contributed by atoms with Gasteiger partial charge in [0.25, 0.3) is 0 Å². The summed E-state index contributed by atoms with van der Waals surface area (Å²) >= 11 is 1.62. The summed E-state index contributed by atoms with van der Waals surface area (Å²) in [5, 5.41) is 1.93. The number of Topliss-reactive ketones (excluding diaryl/α,β-unsaturated/α-hetero) is 1. The Balaban J connectivity index is 2.84. The molecule has 1 rings (SSSR count). The quantitative estimate of drug-likeness (QED) is 0.731. The molecule has 0 bridgehead atoms. The van der Waals surface area contributed by atoms with E-state index in [9.17, 15) is 4.79 Å². The molecule has 1 heterocycles. The Kier molecular flexibility index (Phi) is 2.42. The third-order valence-corrected chi connectivity index (χ3v) is 2.43. The highest BCUT2D eigenvalue weighted by atomic mass is 32.1. The van der Waals surface area contributed by atoms with E-state index in [0.717, 1.165) is 5.56 Å². The molecular weight excluding hydrogens is 158 g/mol. The zero-order valence-electron chi connectivity index (χ0n) is 6.63. The number of carbonyl (C=O) groups is 1. The lowest BCUT2D eigenvalue weighted by atomic mass is 10.1. The van der Waals surface area contributed by atoms with Crippen LogP contribution in [0.4, 0.5) is 0 Å². The summed E-state index contributed by atoms with van der Waals surface area (Å²) in [5.41, 5.74) is 6.54. The van der Waals surface area contributed by atoms with Gasteiger partial charge in [-0.1, -0.05) is 0 Å². The summed E-state index contributed by atoms with van der Waals surface area (Å²) in [4.78, 5) is 12.0. The van der Waals surface area contributed by atoms with E-state index in [1.54, 1.807) is 11.3 Å². The first-order valence-corrected chi connectivity index (χ1v) is 4.30. The fourth-order valence-electron chi connectivity index (χ4n) is 0.862. The van der Waals surface area contributed by atoms with E-state index in [4.69, 9.17) is 5.73 Å². The molecule has 0 aliphatic heterocycles. The molecule has 0 aromatic carbocycles. The van der Waals surface area contributed by atoms with Gasteiger partial charge in [-0.2, -0.15) is 0 Å². The first kappa shape index (κ1) is 8.43. The van der Waals surface area contributed by atoms with Crippen LogP contribution in [-0.4, -0.2) is 5.78 Å². The standard InChI is InChI=1S/C8H11NOS/c1-5-3-7(4-11-5)8(9)6(2)10/h3-4,8H,9H2,1-2H3. The highest BCUT2D eigenvalue weighted by Gasteiger charge is 2.11. The van der Waals surface area contributed by atoms with Crippen molar-refractivity contribution in [1.82, 2.24) is 0 Å². The van der Waals surface area contributed by atoms with Crippen molar-refractivity contribution in [1.29, 1.82) is 0 Å². The molecule has 3 heteroatoms. The topological polar surface area (TPSA) is 43.1 Å². The number of ketones is 1. The van der Waals surface area contributed by atoms with E-state index in [-0.39, 0.29) is 5.78 Å². The molecule has 1 unspecified atom stereocenters. The van der Waals surface area contributed by atoms with Crippen molar-refractivity contribution in [2.45, 2.75) is 19.9 Å². The Morgan fingerprint density at radius 2 is 2.36 bits per heavy atom. The van der Waals surface area contributed by atoms with Gasteiger partial charge in [0.15, 0.2) is 5.78 Å². The van der Waals surface area contributed by atoms with Gasteiger partial charge in [0.2, 0.25) is 0 Å². The average Bonchev–Trinajstić information content (AvgIpc) is 2.34. The molecule has 1 aromatic heterocycles. The predicted molar refractivity (Wildman–Crippen MR) is 46.7 cm³/mol. The lowest BCUT2D eigenvalue weighted by molar-refractivity contribution is -0.118. The van der Waals surface area contributed by atoms with Gasteiger partial charge in [0.05, 0.1) is 6.04 Å². The van der Waals surface area contributed by atoms with Crippen LogP contribution in [0.2, 0.25) is 0 Å². The Hall–Kier alpha value is -0.670. The smallest absolute Gasteiger partial charge is 0.151 e. The zero-order chi connectivity index (χ0) is 8.43. The molecule has 0 amide bonds. The number of rotatable bonds is 2. The summed E-state index contributed by atoms with van der Waals surface area (Å²) in [7, 11) is 0. The van der Waals surface area contributed by atoms with Crippen molar-refractivity contribution in [3.63, 3.8) is 0 Å². The van der Waals surface area contributed by atoms with Gasteiger partial charge in [-0.3, -0.25) is 4.79 Å². The van der Waals surface area contributed by atoms with Crippen LogP contribution in [0, 0.1) is 6.92 Å². The SMILES string of the molecule is CC(=O)C(N)c1csc(C)c1. The molecule has 2 nitrogen and oxygen atoms in total. The minimum atomic E-state index is -0.431. The van der Waals surface area contributed by atoms with Crippen LogP contribution in [0.3, 0.4) is 0 Å². The molecule has 1 aromatic rings. The van der Waals surface area contributed by atoms with Crippen molar-refractivity contribution in [3.8, 4) is 0 Å². The fourth-order valence-corrected chi connectivity index (χ4v) is 1.60. The van der Waals surface area contributed by atoms with Crippen LogP contribution in [0.15, 0.2) is 11.4 Å². The van der Waals surface area contributed by atoms with E-state index in [2.05, 4.69) is 0 Å². The van der Waals surface area contributed by atoms with Crippen molar-refractivity contribution in [2.75, 3.05) is 0 Å². The van der Waals surface area contributed by atoms with Crippen LogP contribution < -0.4 is 5.73 Å². The summed E-state index contributed by atoms with van der Waals surface area (Å²) in [6, 6.07) is 1.52. The van der Waals surface area contributed by atoms with E-state index in [1.165, 1.54) is 11.8 Å². The normalized spacial score (nSPS) is 13.0. The summed E-state index contributed by atoms with van der Waals surface area (Å²) in [6.45, 7) is 3.51. The van der Waals surface area contributed by atoms with E-state index < -0.39 is 6.04 Å².